The van der Waals surface area contributed by atoms with Crippen molar-refractivity contribution in [2.45, 2.75) is 38.3 Å². The van der Waals surface area contributed by atoms with Crippen LogP contribution < -0.4 is 5.32 Å². The number of nitrogens with one attached hydrogen (secondary N) is 1. The van der Waals surface area contributed by atoms with Crippen molar-refractivity contribution in [2.24, 2.45) is 0 Å². The van der Waals surface area contributed by atoms with Crippen LogP contribution in [-0.2, 0) is 4.74 Å². The molecule has 1 heterocycles. The van der Waals surface area contributed by atoms with E-state index in [1.807, 2.05) is 13.2 Å². The smallest absolute Gasteiger partial charge is 0.0777 e. The molecule has 19 heavy (non-hydrogen) atoms. The minimum Gasteiger partial charge on any atom is -0.383 e. The second-order valence-electron chi connectivity index (χ2n) is 5.82. The van der Waals surface area contributed by atoms with E-state index < -0.39 is 0 Å². The lowest BCUT2D eigenvalue weighted by Gasteiger charge is -2.42. The number of hydrogen-bond acceptors (Lipinski definition) is 3. The maximum atomic E-state index is 5.66. The van der Waals surface area contributed by atoms with E-state index >= 15 is 0 Å². The van der Waals surface area contributed by atoms with Gasteiger partial charge in [-0.2, -0.15) is 0 Å². The van der Waals surface area contributed by atoms with Crippen molar-refractivity contribution < 1.29 is 4.74 Å². The molecule has 2 atom stereocenters. The molecule has 2 rings (SSSR count). The van der Waals surface area contributed by atoms with Crippen LogP contribution in [-0.4, -0.2) is 43.3 Å². The van der Waals surface area contributed by atoms with Crippen LogP contribution in [0.5, 0.6) is 0 Å². The topological polar surface area (TPSA) is 24.5 Å². The van der Waals surface area contributed by atoms with E-state index in [-0.39, 0.29) is 5.60 Å². The Hall–Kier alpha value is -1.06. The van der Waals surface area contributed by atoms with Crippen molar-refractivity contribution in [1.82, 2.24) is 4.90 Å². The van der Waals surface area contributed by atoms with Gasteiger partial charge in [-0.05, 0) is 45.4 Å². The predicted molar refractivity (Wildman–Crippen MR) is 80.6 cm³/mol. The molecule has 0 radical (unpaired) electrons. The van der Waals surface area contributed by atoms with Crippen LogP contribution in [0.3, 0.4) is 0 Å². The molecular formula is C16H26N2O. The Bertz CT molecular complexity index is 382. The molecule has 1 aliphatic rings. The SMILES string of the molecule is COC1(C)CCCN(C(C)CNc2ccccc2)C1. The van der Waals surface area contributed by atoms with Crippen molar-refractivity contribution in [3.8, 4) is 0 Å². The summed E-state index contributed by atoms with van der Waals surface area (Å²) in [7, 11) is 1.83. The van der Waals surface area contributed by atoms with Gasteiger partial charge < -0.3 is 10.1 Å². The number of hydrogen-bond donors (Lipinski definition) is 1. The van der Waals surface area contributed by atoms with Crippen LogP contribution >= 0.6 is 0 Å². The second-order valence-corrected chi connectivity index (χ2v) is 5.82. The fourth-order valence-electron chi connectivity index (χ4n) is 2.74. The predicted octanol–water partition coefficient (Wildman–Crippen LogP) is 2.99. The number of benzene rings is 1. The fraction of sp³-hybridized carbons (Fsp3) is 0.625. The molecule has 0 aliphatic carbocycles. The van der Waals surface area contributed by atoms with Gasteiger partial charge in [0.1, 0.15) is 0 Å². The highest BCUT2D eigenvalue weighted by molar-refractivity contribution is 5.42. The highest BCUT2D eigenvalue weighted by Gasteiger charge is 2.32. The quantitative estimate of drug-likeness (QED) is 0.883. The van der Waals surface area contributed by atoms with Gasteiger partial charge in [-0.15, -0.1) is 0 Å². The molecule has 1 aromatic rings. The normalized spacial score (nSPS) is 26.1. The Labute approximate surface area is 116 Å². The van der Waals surface area contributed by atoms with Crippen molar-refractivity contribution in [1.29, 1.82) is 0 Å². The summed E-state index contributed by atoms with van der Waals surface area (Å²) in [6, 6.07) is 10.9. The number of likely N-dealkylation sites (tertiary alicyclic amines) is 1. The number of anilines is 1. The van der Waals surface area contributed by atoms with E-state index in [9.17, 15) is 0 Å². The highest BCUT2D eigenvalue weighted by Crippen LogP contribution is 2.25. The zero-order chi connectivity index (χ0) is 13.7. The molecule has 3 nitrogen and oxygen atoms in total. The number of methoxy groups -OCH3 is 1. The molecule has 1 N–H and O–H groups in total. The number of rotatable bonds is 5. The van der Waals surface area contributed by atoms with Crippen LogP contribution in [0.2, 0.25) is 0 Å². The first kappa shape index (κ1) is 14.4. The van der Waals surface area contributed by atoms with E-state index in [1.54, 1.807) is 0 Å². The van der Waals surface area contributed by atoms with Gasteiger partial charge in [0.05, 0.1) is 5.60 Å². The van der Waals surface area contributed by atoms with Crippen molar-refractivity contribution in [3.05, 3.63) is 30.3 Å². The van der Waals surface area contributed by atoms with Gasteiger partial charge in [-0.1, -0.05) is 18.2 Å². The first-order valence-electron chi connectivity index (χ1n) is 7.21. The third kappa shape index (κ3) is 3.95. The van der Waals surface area contributed by atoms with Crippen LogP contribution in [0, 0.1) is 0 Å². The van der Waals surface area contributed by atoms with Crippen molar-refractivity contribution in [2.75, 3.05) is 32.1 Å². The van der Waals surface area contributed by atoms with E-state index in [0.29, 0.717) is 6.04 Å². The van der Waals surface area contributed by atoms with Gasteiger partial charge in [0.25, 0.3) is 0 Å². The minimum atomic E-state index is 0.0270. The first-order chi connectivity index (χ1) is 9.13. The summed E-state index contributed by atoms with van der Waals surface area (Å²) in [5, 5.41) is 3.50. The molecule has 3 heteroatoms. The average molecular weight is 262 g/mol. The summed E-state index contributed by atoms with van der Waals surface area (Å²) in [5.74, 6) is 0. The molecule has 0 saturated carbocycles. The summed E-state index contributed by atoms with van der Waals surface area (Å²) in [4.78, 5) is 2.53. The Morgan fingerprint density at radius 2 is 2.11 bits per heavy atom. The molecule has 0 amide bonds. The summed E-state index contributed by atoms with van der Waals surface area (Å²) in [5.41, 5.74) is 1.22. The summed E-state index contributed by atoms with van der Waals surface area (Å²) in [6.07, 6.45) is 2.39. The zero-order valence-electron chi connectivity index (χ0n) is 12.4. The van der Waals surface area contributed by atoms with Crippen LogP contribution in [0.25, 0.3) is 0 Å². The molecule has 1 saturated heterocycles. The van der Waals surface area contributed by atoms with Gasteiger partial charge in [0, 0.05) is 31.9 Å². The van der Waals surface area contributed by atoms with Gasteiger partial charge in [0.2, 0.25) is 0 Å². The van der Waals surface area contributed by atoms with Gasteiger partial charge in [0.15, 0.2) is 0 Å². The second kappa shape index (κ2) is 6.40. The van der Waals surface area contributed by atoms with Gasteiger partial charge in [-0.3, -0.25) is 4.90 Å². The van der Waals surface area contributed by atoms with Crippen LogP contribution in [0.4, 0.5) is 5.69 Å². The van der Waals surface area contributed by atoms with E-state index in [1.165, 1.54) is 25.1 Å². The van der Waals surface area contributed by atoms with Crippen LogP contribution in [0.15, 0.2) is 30.3 Å². The summed E-state index contributed by atoms with van der Waals surface area (Å²) >= 11 is 0. The molecule has 106 valence electrons. The number of piperidine rings is 1. The standard InChI is InChI=1S/C16H26N2O/c1-14(12-17-15-8-5-4-6-9-15)18-11-7-10-16(2,13-18)19-3/h4-6,8-9,14,17H,7,10-13H2,1-3H3. The van der Waals surface area contributed by atoms with Crippen molar-refractivity contribution in [3.63, 3.8) is 0 Å². The Morgan fingerprint density at radius 3 is 2.79 bits per heavy atom. The number of nitrogens with zero attached hydrogens (tertiary/aromatic N) is 1. The largest absolute Gasteiger partial charge is 0.383 e. The first-order valence-corrected chi connectivity index (χ1v) is 7.21. The maximum Gasteiger partial charge on any atom is 0.0777 e. The van der Waals surface area contributed by atoms with Gasteiger partial charge in [-0.25, -0.2) is 0 Å². The lowest BCUT2D eigenvalue weighted by Crippen LogP contribution is -2.52. The minimum absolute atomic E-state index is 0.0270. The summed E-state index contributed by atoms with van der Waals surface area (Å²) < 4.78 is 5.66. The van der Waals surface area contributed by atoms with Crippen molar-refractivity contribution >= 4 is 5.69 Å². The zero-order valence-corrected chi connectivity index (χ0v) is 12.4. The molecular weight excluding hydrogens is 236 g/mol. The Morgan fingerprint density at radius 1 is 1.37 bits per heavy atom. The number of ether oxygens (including phenoxy) is 1. The van der Waals surface area contributed by atoms with E-state index in [0.717, 1.165) is 13.1 Å². The van der Waals surface area contributed by atoms with Gasteiger partial charge >= 0.3 is 0 Å². The molecule has 2 unspecified atom stereocenters. The fourth-order valence-corrected chi connectivity index (χ4v) is 2.74. The molecule has 1 fully saturated rings. The molecule has 1 aromatic carbocycles. The highest BCUT2D eigenvalue weighted by atomic mass is 16.5. The van der Waals surface area contributed by atoms with E-state index in [2.05, 4.69) is 48.3 Å². The third-order valence-corrected chi connectivity index (χ3v) is 4.18. The third-order valence-electron chi connectivity index (χ3n) is 4.18. The van der Waals surface area contributed by atoms with Crippen LogP contribution in [0.1, 0.15) is 26.7 Å². The molecule has 1 aliphatic heterocycles. The average Bonchev–Trinajstić information content (AvgIpc) is 2.46. The van der Waals surface area contributed by atoms with E-state index in [4.69, 9.17) is 4.74 Å². The molecule has 0 bridgehead atoms. The molecule has 0 aromatic heterocycles. The Kier molecular flexibility index (Phi) is 4.83. The Balaban J connectivity index is 1.84. The number of para-hydroxylation sites is 1. The monoisotopic (exact) mass is 262 g/mol. The summed E-state index contributed by atoms with van der Waals surface area (Å²) in [6.45, 7) is 7.69. The molecule has 0 spiro atoms. The lowest BCUT2D eigenvalue weighted by atomic mass is 9.94. The lowest BCUT2D eigenvalue weighted by molar-refractivity contribution is -0.0582. The maximum absolute atomic E-state index is 5.66.